The molecule has 0 radical (unpaired) electrons. The smallest absolute Gasteiger partial charge is 0.279 e. The number of benzene rings is 2. The number of aromatic nitrogens is 2. The minimum atomic E-state index is -1.36. The maximum absolute atomic E-state index is 13.7. The molecular weight excluding hydrogens is 394 g/mol. The third-order valence-corrected chi connectivity index (χ3v) is 6.38. The summed E-state index contributed by atoms with van der Waals surface area (Å²) in [6, 6.07) is 18.6. The van der Waals surface area contributed by atoms with Crippen LogP contribution in [-0.2, 0) is 17.6 Å². The lowest BCUT2D eigenvalue weighted by Crippen LogP contribution is -2.50. The number of para-hydroxylation sites is 1. The summed E-state index contributed by atoms with van der Waals surface area (Å²) in [5.74, 6) is -1.71. The Bertz CT molecular complexity index is 1390. The molecule has 158 valence electrons. The van der Waals surface area contributed by atoms with E-state index in [1.54, 1.807) is 25.1 Å². The van der Waals surface area contributed by atoms with Gasteiger partial charge in [-0.3, -0.25) is 19.1 Å². The molecule has 0 aliphatic carbocycles. The van der Waals surface area contributed by atoms with Crippen molar-refractivity contribution in [3.05, 3.63) is 82.3 Å². The summed E-state index contributed by atoms with van der Waals surface area (Å²) in [6.07, 6.45) is -0.917. The first-order valence-electron chi connectivity index (χ1n) is 10.1. The molecule has 2 atom stereocenters. The normalized spacial score (nSPS) is 19.4. The van der Waals surface area contributed by atoms with Crippen molar-refractivity contribution in [1.29, 1.82) is 0 Å². The Morgan fingerprint density at radius 3 is 2.42 bits per heavy atom. The molecule has 0 saturated heterocycles. The van der Waals surface area contributed by atoms with Crippen molar-refractivity contribution in [3.8, 4) is 0 Å². The zero-order chi connectivity index (χ0) is 21.9. The fraction of sp³-hybridized carbons (Fsp3) is 0.250. The first-order chi connectivity index (χ1) is 14.9. The lowest BCUT2D eigenvalue weighted by atomic mass is 10.1. The molecular formula is C24H23N3O4. The Kier molecular flexibility index (Phi) is 4.28. The van der Waals surface area contributed by atoms with Gasteiger partial charge in [0.1, 0.15) is 11.2 Å². The number of hydrogen-bond acceptors (Lipinski definition) is 4. The molecule has 1 amide bonds. The fourth-order valence-corrected chi connectivity index (χ4v) is 4.67. The Morgan fingerprint density at radius 1 is 1.03 bits per heavy atom. The number of nitrogens with zero attached hydrogens (tertiary/aromatic N) is 3. The van der Waals surface area contributed by atoms with E-state index in [-0.39, 0.29) is 23.7 Å². The van der Waals surface area contributed by atoms with Crippen molar-refractivity contribution in [2.45, 2.75) is 18.9 Å². The van der Waals surface area contributed by atoms with Gasteiger partial charge in [-0.1, -0.05) is 48.5 Å². The number of carbonyl (C=O) groups is 1. The van der Waals surface area contributed by atoms with Gasteiger partial charge < -0.3 is 14.4 Å². The average Bonchev–Trinajstić information content (AvgIpc) is 3.20. The maximum Gasteiger partial charge on any atom is 0.279 e. The summed E-state index contributed by atoms with van der Waals surface area (Å²) < 4.78 is 8.98. The predicted octanol–water partition coefficient (Wildman–Crippen LogP) is 2.96. The summed E-state index contributed by atoms with van der Waals surface area (Å²) in [7, 11) is 3.30. The number of hydrogen-bond donors (Lipinski definition) is 1. The summed E-state index contributed by atoms with van der Waals surface area (Å²) in [5.41, 5.74) is 2.06. The number of aliphatic hydroxyl groups is 1. The van der Waals surface area contributed by atoms with Crippen LogP contribution in [0.4, 0.5) is 0 Å². The Morgan fingerprint density at radius 2 is 1.71 bits per heavy atom. The number of amides is 1. The highest BCUT2D eigenvalue weighted by atomic mass is 16.5. The molecule has 0 saturated carbocycles. The van der Waals surface area contributed by atoms with Crippen molar-refractivity contribution in [3.63, 3.8) is 0 Å². The van der Waals surface area contributed by atoms with Crippen LogP contribution in [0.1, 0.15) is 29.1 Å². The Balaban J connectivity index is 1.70. The largest absolute Gasteiger partial charge is 0.387 e. The van der Waals surface area contributed by atoms with Crippen LogP contribution in [0.2, 0.25) is 0 Å². The van der Waals surface area contributed by atoms with Crippen LogP contribution in [0.25, 0.3) is 21.8 Å². The average molecular weight is 417 g/mol. The summed E-state index contributed by atoms with van der Waals surface area (Å²) in [6.45, 7) is 1.67. The van der Waals surface area contributed by atoms with Gasteiger partial charge in [0.05, 0.1) is 12.6 Å². The van der Waals surface area contributed by atoms with E-state index in [0.717, 1.165) is 16.3 Å². The second kappa shape index (κ2) is 6.80. The molecule has 2 aromatic heterocycles. The molecule has 0 bridgehead atoms. The molecule has 1 N–H and O–H groups in total. The summed E-state index contributed by atoms with van der Waals surface area (Å²) in [5, 5.41) is 12.4. The predicted molar refractivity (Wildman–Crippen MR) is 118 cm³/mol. The molecule has 3 heterocycles. The third kappa shape index (κ3) is 2.60. The van der Waals surface area contributed by atoms with E-state index in [1.165, 1.54) is 16.6 Å². The minimum absolute atomic E-state index is 0.00853. The van der Waals surface area contributed by atoms with Crippen molar-refractivity contribution in [2.24, 2.45) is 7.05 Å². The van der Waals surface area contributed by atoms with E-state index >= 15 is 0 Å². The number of β-amino-alcohol motifs (C(OH)–C–C–N with tert-alkyl or cyclic N) is 1. The van der Waals surface area contributed by atoms with Crippen LogP contribution in [-0.4, -0.2) is 38.7 Å². The Hall–Kier alpha value is -3.42. The number of rotatable bonds is 4. The lowest BCUT2D eigenvalue weighted by Gasteiger charge is -2.35. The molecule has 5 rings (SSSR count). The van der Waals surface area contributed by atoms with Crippen LogP contribution in [0.3, 0.4) is 0 Å². The molecule has 0 fully saturated rings. The van der Waals surface area contributed by atoms with Gasteiger partial charge in [0.25, 0.3) is 11.5 Å². The van der Waals surface area contributed by atoms with Crippen molar-refractivity contribution >= 4 is 27.7 Å². The van der Waals surface area contributed by atoms with E-state index < -0.39 is 12.0 Å². The zero-order valence-electron chi connectivity index (χ0n) is 17.6. The van der Waals surface area contributed by atoms with Gasteiger partial charge in [-0.05, 0) is 17.7 Å². The number of aliphatic hydroxyl groups excluding tert-OH is 1. The van der Waals surface area contributed by atoms with E-state index in [0.29, 0.717) is 11.1 Å². The highest BCUT2D eigenvalue weighted by molar-refractivity contribution is 6.10. The van der Waals surface area contributed by atoms with Crippen molar-refractivity contribution < 1.29 is 14.6 Å². The van der Waals surface area contributed by atoms with Crippen LogP contribution in [0, 0.1) is 0 Å². The summed E-state index contributed by atoms with van der Waals surface area (Å²) in [4.78, 5) is 28.5. The van der Waals surface area contributed by atoms with E-state index in [9.17, 15) is 14.7 Å². The van der Waals surface area contributed by atoms with Crippen LogP contribution in [0.5, 0.6) is 0 Å². The number of aryl methyl sites for hydroxylation is 1. The number of methoxy groups -OCH3 is 1. The van der Waals surface area contributed by atoms with Crippen LogP contribution in [0.15, 0.2) is 65.5 Å². The van der Waals surface area contributed by atoms with Gasteiger partial charge in [0, 0.05) is 37.4 Å². The number of fused-ring (bicyclic) bond motifs is 4. The SMILES string of the molecule is CO[C@@]1(C)N(C[C@@H](O)c2ccccc2)C(=O)c2cc3c4ccccc4n(C)c3c(=O)n21. The van der Waals surface area contributed by atoms with Gasteiger partial charge in [-0.15, -0.1) is 0 Å². The molecule has 0 spiro atoms. The van der Waals surface area contributed by atoms with E-state index in [2.05, 4.69) is 0 Å². The van der Waals surface area contributed by atoms with Gasteiger partial charge >= 0.3 is 0 Å². The Labute approximate surface area is 178 Å². The van der Waals surface area contributed by atoms with Gasteiger partial charge in [-0.25, -0.2) is 0 Å². The second-order valence-electron chi connectivity index (χ2n) is 7.99. The summed E-state index contributed by atoms with van der Waals surface area (Å²) >= 11 is 0. The van der Waals surface area contributed by atoms with E-state index in [1.807, 2.05) is 54.1 Å². The fourth-order valence-electron chi connectivity index (χ4n) is 4.67. The highest BCUT2D eigenvalue weighted by Gasteiger charge is 2.49. The lowest BCUT2D eigenvalue weighted by molar-refractivity contribution is -0.160. The molecule has 1 aliphatic rings. The first kappa shape index (κ1) is 19.5. The van der Waals surface area contributed by atoms with Crippen LogP contribution >= 0.6 is 0 Å². The van der Waals surface area contributed by atoms with Gasteiger partial charge in [0.2, 0.25) is 5.85 Å². The molecule has 1 aliphatic heterocycles. The molecule has 0 unspecified atom stereocenters. The number of pyridine rings is 1. The maximum atomic E-state index is 13.7. The topological polar surface area (TPSA) is 76.7 Å². The first-order valence-corrected chi connectivity index (χ1v) is 10.1. The van der Waals surface area contributed by atoms with Gasteiger partial charge in [0.15, 0.2) is 0 Å². The van der Waals surface area contributed by atoms with Crippen molar-refractivity contribution in [2.75, 3.05) is 13.7 Å². The minimum Gasteiger partial charge on any atom is -0.387 e. The van der Waals surface area contributed by atoms with Gasteiger partial charge in [-0.2, -0.15) is 0 Å². The van der Waals surface area contributed by atoms with Crippen molar-refractivity contribution in [1.82, 2.24) is 14.0 Å². The number of ether oxygens (including phenoxy) is 1. The third-order valence-electron chi connectivity index (χ3n) is 6.38. The molecule has 4 aromatic rings. The highest BCUT2D eigenvalue weighted by Crippen LogP contribution is 2.36. The quantitative estimate of drug-likeness (QED) is 0.554. The number of carbonyl (C=O) groups excluding carboxylic acids is 1. The molecule has 7 nitrogen and oxygen atoms in total. The standard InChI is InChI=1S/C24H23N3O4/c1-24(31-3)26(14-20(28)15-9-5-4-6-10-15)22(29)19-13-17-16-11-7-8-12-18(16)25(2)21(17)23(30)27(19)24/h4-13,20,28H,14H2,1-3H3/t20-,24+/m1/s1. The molecule has 7 heteroatoms. The van der Waals surface area contributed by atoms with Crippen LogP contribution < -0.4 is 5.56 Å². The molecule has 2 aromatic carbocycles. The van der Waals surface area contributed by atoms with E-state index in [4.69, 9.17) is 4.74 Å². The second-order valence-corrected chi connectivity index (χ2v) is 7.99. The monoisotopic (exact) mass is 417 g/mol. The zero-order valence-corrected chi connectivity index (χ0v) is 17.6. The molecule has 31 heavy (non-hydrogen) atoms.